The summed E-state index contributed by atoms with van der Waals surface area (Å²) in [5.74, 6) is -1.69. The first-order chi connectivity index (χ1) is 16.5. The van der Waals surface area contributed by atoms with Gasteiger partial charge >= 0.3 is 12.1 Å². The van der Waals surface area contributed by atoms with Crippen LogP contribution in [0.1, 0.15) is 56.1 Å². The molecule has 0 heterocycles. The molecule has 2 aliphatic rings. The Kier molecular flexibility index (Phi) is 7.47. The molecule has 2 aliphatic carbocycles. The topological polar surface area (TPSA) is 114 Å². The van der Waals surface area contributed by atoms with E-state index in [1.807, 2.05) is 31.2 Å². The fourth-order valence-corrected chi connectivity index (χ4v) is 4.52. The minimum atomic E-state index is -1.09. The Hall–Kier alpha value is -3.39. The van der Waals surface area contributed by atoms with Crippen LogP contribution in [0.2, 0.25) is 0 Å². The molecule has 0 aromatic heterocycles. The summed E-state index contributed by atoms with van der Waals surface area (Å²) in [7, 11) is 0. The van der Waals surface area contributed by atoms with E-state index in [1.54, 1.807) is 0 Å². The first-order valence-electron chi connectivity index (χ1n) is 11.8. The van der Waals surface area contributed by atoms with Crippen molar-refractivity contribution in [2.75, 3.05) is 6.61 Å². The van der Waals surface area contributed by atoms with Crippen LogP contribution in [0.5, 0.6) is 0 Å². The fraction of sp³-hybridized carbons (Fsp3) is 0.423. The molecule has 0 aliphatic heterocycles. The van der Waals surface area contributed by atoms with Crippen molar-refractivity contribution in [2.45, 2.75) is 57.1 Å². The molecule has 1 fully saturated rings. The third-order valence-corrected chi connectivity index (χ3v) is 6.33. The predicted octanol–water partition coefficient (Wildman–Crippen LogP) is 3.99. The fourth-order valence-electron chi connectivity index (χ4n) is 4.52. The van der Waals surface area contributed by atoms with Gasteiger partial charge in [0.1, 0.15) is 6.61 Å². The van der Waals surface area contributed by atoms with Gasteiger partial charge in [-0.2, -0.15) is 0 Å². The number of amides is 2. The minimum absolute atomic E-state index is 0.0327. The van der Waals surface area contributed by atoms with Gasteiger partial charge in [0.05, 0.1) is 0 Å². The number of carboxylic acid groups (broad SMARTS) is 1. The number of ether oxygens (including phenoxy) is 1. The van der Waals surface area contributed by atoms with Gasteiger partial charge in [-0.05, 0) is 47.4 Å². The Morgan fingerprint density at radius 3 is 2.21 bits per heavy atom. The molecule has 0 bridgehead atoms. The number of nitrogens with one attached hydrogen (secondary N) is 2. The number of carboxylic acids is 1. The quantitative estimate of drug-likeness (QED) is 0.432. The highest BCUT2D eigenvalue weighted by Gasteiger charge is 2.38. The van der Waals surface area contributed by atoms with Gasteiger partial charge in [-0.25, -0.2) is 15.1 Å². The van der Waals surface area contributed by atoms with E-state index >= 15 is 0 Å². The van der Waals surface area contributed by atoms with Crippen LogP contribution in [0, 0.1) is 5.92 Å². The highest BCUT2D eigenvalue weighted by molar-refractivity contribution is 5.79. The number of hydroxylamine groups is 1. The van der Waals surface area contributed by atoms with Gasteiger partial charge in [0.25, 0.3) is 0 Å². The van der Waals surface area contributed by atoms with Crippen LogP contribution in [0.4, 0.5) is 4.79 Å². The second-order valence-corrected chi connectivity index (χ2v) is 8.90. The maximum absolute atomic E-state index is 12.6. The Morgan fingerprint density at radius 2 is 1.65 bits per heavy atom. The number of carbonyl (C=O) groups is 3. The summed E-state index contributed by atoms with van der Waals surface area (Å²) in [5, 5.41) is 12.0. The zero-order valence-electron chi connectivity index (χ0n) is 19.2. The van der Waals surface area contributed by atoms with Crippen LogP contribution in [0.25, 0.3) is 11.1 Å². The average molecular weight is 467 g/mol. The van der Waals surface area contributed by atoms with E-state index in [1.165, 1.54) is 0 Å². The van der Waals surface area contributed by atoms with Crippen molar-refractivity contribution in [1.82, 2.24) is 10.8 Å². The number of alkyl carbamates (subject to hydrolysis) is 1. The summed E-state index contributed by atoms with van der Waals surface area (Å²) in [4.78, 5) is 41.2. The van der Waals surface area contributed by atoms with Crippen molar-refractivity contribution in [1.29, 1.82) is 0 Å². The average Bonchev–Trinajstić information content (AvgIpc) is 3.60. The molecule has 2 unspecified atom stereocenters. The standard InChI is InChI=1S/C26H30N2O6/c1-2-7-17(14-23(29)28-34-24(25(30)31)16-12-13-16)27-26(32)33-15-22-20-10-5-3-8-18(20)19-9-4-6-11-21(19)22/h3-6,8-11,16-17,22,24H,2,7,12-15H2,1H3,(H,27,32)(H,28,29)(H,30,31). The van der Waals surface area contributed by atoms with Crippen LogP contribution in [-0.2, 0) is 19.2 Å². The van der Waals surface area contributed by atoms with E-state index in [0.29, 0.717) is 6.42 Å². The van der Waals surface area contributed by atoms with Crippen molar-refractivity contribution >= 4 is 18.0 Å². The second kappa shape index (κ2) is 10.7. The molecule has 1 saturated carbocycles. The third-order valence-electron chi connectivity index (χ3n) is 6.33. The third kappa shape index (κ3) is 5.56. The molecule has 0 spiro atoms. The molecule has 8 nitrogen and oxygen atoms in total. The van der Waals surface area contributed by atoms with E-state index in [2.05, 4.69) is 35.1 Å². The molecule has 4 rings (SSSR count). The molecule has 2 atom stereocenters. The van der Waals surface area contributed by atoms with Gasteiger partial charge in [-0.3, -0.25) is 9.63 Å². The van der Waals surface area contributed by atoms with E-state index in [4.69, 9.17) is 9.57 Å². The molecule has 2 aromatic carbocycles. The minimum Gasteiger partial charge on any atom is -0.479 e. The smallest absolute Gasteiger partial charge is 0.407 e. The van der Waals surface area contributed by atoms with Gasteiger partial charge in [-0.15, -0.1) is 0 Å². The molecule has 8 heteroatoms. The number of carbonyl (C=O) groups excluding carboxylic acids is 2. The maximum atomic E-state index is 12.6. The van der Waals surface area contributed by atoms with Crippen molar-refractivity contribution in [2.24, 2.45) is 5.92 Å². The highest BCUT2D eigenvalue weighted by Crippen LogP contribution is 2.44. The summed E-state index contributed by atoms with van der Waals surface area (Å²) in [5.41, 5.74) is 6.79. The lowest BCUT2D eigenvalue weighted by molar-refractivity contribution is -0.162. The van der Waals surface area contributed by atoms with Crippen molar-refractivity contribution in [3.05, 3.63) is 59.7 Å². The number of hydrogen-bond donors (Lipinski definition) is 3. The van der Waals surface area contributed by atoms with E-state index in [-0.39, 0.29) is 24.9 Å². The van der Waals surface area contributed by atoms with Crippen LogP contribution >= 0.6 is 0 Å². The summed E-state index contributed by atoms with van der Waals surface area (Å²) >= 11 is 0. The monoisotopic (exact) mass is 466 g/mol. The normalized spacial score (nSPS) is 16.1. The Balaban J connectivity index is 1.30. The molecule has 180 valence electrons. The lowest BCUT2D eigenvalue weighted by Gasteiger charge is -2.20. The van der Waals surface area contributed by atoms with Gasteiger partial charge < -0.3 is 15.2 Å². The van der Waals surface area contributed by atoms with Gasteiger partial charge in [0.2, 0.25) is 5.91 Å². The van der Waals surface area contributed by atoms with E-state index in [9.17, 15) is 19.5 Å². The van der Waals surface area contributed by atoms with Crippen LogP contribution in [0.3, 0.4) is 0 Å². The SMILES string of the molecule is CCCC(CC(=O)NOC(C(=O)O)C1CC1)NC(=O)OCC1c2ccccc2-c2ccccc21. The maximum Gasteiger partial charge on any atom is 0.407 e. The Labute approximate surface area is 198 Å². The molecule has 0 radical (unpaired) electrons. The molecule has 2 aromatic rings. The van der Waals surface area contributed by atoms with Crippen LogP contribution < -0.4 is 10.8 Å². The molecular formula is C26H30N2O6. The van der Waals surface area contributed by atoms with Gasteiger partial charge in [0, 0.05) is 18.4 Å². The van der Waals surface area contributed by atoms with E-state index < -0.39 is 30.1 Å². The summed E-state index contributed by atoms with van der Waals surface area (Å²) in [6.07, 6.45) is 1.21. The lowest BCUT2D eigenvalue weighted by Crippen LogP contribution is -2.41. The molecule has 0 saturated heterocycles. The summed E-state index contributed by atoms with van der Waals surface area (Å²) in [6, 6.07) is 15.8. The molecule has 34 heavy (non-hydrogen) atoms. The van der Waals surface area contributed by atoms with Crippen molar-refractivity contribution in [3.8, 4) is 11.1 Å². The number of aliphatic carboxylic acids is 1. The number of fused-ring (bicyclic) bond motifs is 3. The number of hydrogen-bond acceptors (Lipinski definition) is 5. The van der Waals surface area contributed by atoms with Gasteiger partial charge in [0.15, 0.2) is 6.10 Å². The molecular weight excluding hydrogens is 436 g/mol. The Bertz CT molecular complexity index is 1010. The summed E-state index contributed by atoms with van der Waals surface area (Å²) < 4.78 is 5.58. The zero-order valence-corrected chi connectivity index (χ0v) is 19.2. The first-order valence-corrected chi connectivity index (χ1v) is 11.8. The molecule has 2 amide bonds. The molecule has 3 N–H and O–H groups in total. The van der Waals surface area contributed by atoms with Crippen LogP contribution in [-0.4, -0.2) is 41.8 Å². The number of benzene rings is 2. The first kappa shape index (κ1) is 23.8. The Morgan fingerprint density at radius 1 is 1.03 bits per heavy atom. The highest BCUT2D eigenvalue weighted by atomic mass is 16.7. The van der Waals surface area contributed by atoms with Crippen LogP contribution in [0.15, 0.2) is 48.5 Å². The second-order valence-electron chi connectivity index (χ2n) is 8.90. The zero-order chi connectivity index (χ0) is 24.1. The van der Waals surface area contributed by atoms with E-state index in [0.717, 1.165) is 41.5 Å². The van der Waals surface area contributed by atoms with Gasteiger partial charge in [-0.1, -0.05) is 61.9 Å². The lowest BCUT2D eigenvalue weighted by atomic mass is 9.98. The number of rotatable bonds is 11. The predicted molar refractivity (Wildman–Crippen MR) is 125 cm³/mol. The van der Waals surface area contributed by atoms with Crippen molar-refractivity contribution < 1.29 is 29.1 Å². The summed E-state index contributed by atoms with van der Waals surface area (Å²) in [6.45, 7) is 2.14. The largest absolute Gasteiger partial charge is 0.479 e. The van der Waals surface area contributed by atoms with Crippen molar-refractivity contribution in [3.63, 3.8) is 0 Å².